The van der Waals surface area contributed by atoms with Crippen LogP contribution >= 0.6 is 11.3 Å². The molecule has 0 saturated carbocycles. The van der Waals surface area contributed by atoms with Gasteiger partial charge in [-0.25, -0.2) is 4.39 Å². The molecular formula is C12H12FNS. The van der Waals surface area contributed by atoms with Crippen molar-refractivity contribution in [1.82, 2.24) is 0 Å². The van der Waals surface area contributed by atoms with Crippen LogP contribution in [-0.2, 0) is 0 Å². The summed E-state index contributed by atoms with van der Waals surface area (Å²) in [7, 11) is 0. The van der Waals surface area contributed by atoms with Gasteiger partial charge in [0, 0.05) is 0 Å². The largest absolute Gasteiger partial charge is 0.320 e. The molecule has 3 heteroatoms. The van der Waals surface area contributed by atoms with Gasteiger partial charge in [0.1, 0.15) is 5.82 Å². The van der Waals surface area contributed by atoms with Crippen molar-refractivity contribution in [2.75, 3.05) is 0 Å². The van der Waals surface area contributed by atoms with Crippen LogP contribution in [0.25, 0.3) is 0 Å². The summed E-state index contributed by atoms with van der Waals surface area (Å²) in [5, 5.41) is 4.11. The summed E-state index contributed by atoms with van der Waals surface area (Å²) < 4.78 is 12.7. The standard InChI is InChI=1S/C12H12FNS/c1-8-6-15-7-11(8)12(14)9-2-4-10(13)5-3-9/h2-7,12H,14H2,1H3. The molecule has 0 saturated heterocycles. The highest BCUT2D eigenvalue weighted by Crippen LogP contribution is 2.25. The summed E-state index contributed by atoms with van der Waals surface area (Å²) in [4.78, 5) is 0. The fourth-order valence-electron chi connectivity index (χ4n) is 1.54. The van der Waals surface area contributed by atoms with E-state index in [-0.39, 0.29) is 11.9 Å². The summed E-state index contributed by atoms with van der Waals surface area (Å²) >= 11 is 1.64. The highest BCUT2D eigenvalue weighted by molar-refractivity contribution is 7.08. The zero-order chi connectivity index (χ0) is 10.8. The number of hydrogen-bond acceptors (Lipinski definition) is 2. The molecule has 0 radical (unpaired) electrons. The Morgan fingerprint density at radius 1 is 1.20 bits per heavy atom. The third-order valence-electron chi connectivity index (χ3n) is 2.46. The molecule has 0 bridgehead atoms. The van der Waals surface area contributed by atoms with Crippen molar-refractivity contribution in [3.63, 3.8) is 0 Å². The minimum Gasteiger partial charge on any atom is -0.320 e. The number of halogens is 1. The molecule has 2 aromatic rings. The number of benzene rings is 1. The van der Waals surface area contributed by atoms with Gasteiger partial charge in [-0.1, -0.05) is 12.1 Å². The van der Waals surface area contributed by atoms with Crippen LogP contribution in [0.4, 0.5) is 4.39 Å². The lowest BCUT2D eigenvalue weighted by Gasteiger charge is -2.11. The molecule has 1 nitrogen and oxygen atoms in total. The lowest BCUT2D eigenvalue weighted by molar-refractivity contribution is 0.626. The molecular weight excluding hydrogens is 209 g/mol. The molecule has 2 rings (SSSR count). The van der Waals surface area contributed by atoms with Crippen molar-refractivity contribution in [3.8, 4) is 0 Å². The Morgan fingerprint density at radius 3 is 2.40 bits per heavy atom. The Labute approximate surface area is 92.4 Å². The predicted molar refractivity (Wildman–Crippen MR) is 61.5 cm³/mol. The third-order valence-corrected chi connectivity index (χ3v) is 3.34. The van der Waals surface area contributed by atoms with E-state index < -0.39 is 0 Å². The first-order valence-electron chi connectivity index (χ1n) is 4.72. The van der Waals surface area contributed by atoms with E-state index in [2.05, 4.69) is 5.38 Å². The molecule has 15 heavy (non-hydrogen) atoms. The van der Waals surface area contributed by atoms with E-state index in [0.717, 1.165) is 11.1 Å². The molecule has 2 N–H and O–H groups in total. The van der Waals surface area contributed by atoms with Crippen molar-refractivity contribution < 1.29 is 4.39 Å². The molecule has 0 aliphatic rings. The van der Waals surface area contributed by atoms with Gasteiger partial charge in [-0.2, -0.15) is 11.3 Å². The lowest BCUT2D eigenvalue weighted by atomic mass is 9.99. The molecule has 1 aromatic heterocycles. The molecule has 0 aliphatic heterocycles. The summed E-state index contributed by atoms with van der Waals surface area (Å²) in [5.74, 6) is -0.229. The third kappa shape index (κ3) is 2.08. The molecule has 1 atom stereocenters. The quantitative estimate of drug-likeness (QED) is 0.827. The van der Waals surface area contributed by atoms with Crippen LogP contribution in [-0.4, -0.2) is 0 Å². The Morgan fingerprint density at radius 2 is 1.87 bits per heavy atom. The first-order chi connectivity index (χ1) is 7.18. The van der Waals surface area contributed by atoms with E-state index in [1.54, 1.807) is 23.5 Å². The summed E-state index contributed by atoms with van der Waals surface area (Å²) in [5.41, 5.74) is 9.35. The van der Waals surface area contributed by atoms with E-state index in [4.69, 9.17) is 5.73 Å². The van der Waals surface area contributed by atoms with Gasteiger partial charge in [0.2, 0.25) is 0 Å². The second-order valence-electron chi connectivity index (χ2n) is 3.54. The molecule has 1 aromatic carbocycles. The normalized spacial score (nSPS) is 12.7. The van der Waals surface area contributed by atoms with Crippen LogP contribution in [0.15, 0.2) is 35.0 Å². The van der Waals surface area contributed by atoms with Gasteiger partial charge in [0.25, 0.3) is 0 Å². The lowest BCUT2D eigenvalue weighted by Crippen LogP contribution is -2.11. The summed E-state index contributed by atoms with van der Waals surface area (Å²) in [6.07, 6.45) is 0. The smallest absolute Gasteiger partial charge is 0.123 e. The van der Waals surface area contributed by atoms with Crippen molar-refractivity contribution in [2.24, 2.45) is 5.73 Å². The molecule has 0 amide bonds. The van der Waals surface area contributed by atoms with Gasteiger partial charge in [-0.15, -0.1) is 0 Å². The Hall–Kier alpha value is -1.19. The topological polar surface area (TPSA) is 26.0 Å². The van der Waals surface area contributed by atoms with Crippen LogP contribution in [0.1, 0.15) is 22.7 Å². The molecule has 0 aliphatic carbocycles. The van der Waals surface area contributed by atoms with Crippen LogP contribution in [0, 0.1) is 12.7 Å². The second-order valence-corrected chi connectivity index (χ2v) is 4.28. The van der Waals surface area contributed by atoms with E-state index >= 15 is 0 Å². The zero-order valence-corrected chi connectivity index (χ0v) is 9.22. The average Bonchev–Trinajstić information content (AvgIpc) is 2.65. The van der Waals surface area contributed by atoms with Gasteiger partial charge < -0.3 is 5.73 Å². The Kier molecular flexibility index (Phi) is 2.84. The van der Waals surface area contributed by atoms with Crippen molar-refractivity contribution in [1.29, 1.82) is 0 Å². The molecule has 1 unspecified atom stereocenters. The number of nitrogens with two attached hydrogens (primary N) is 1. The first kappa shape index (κ1) is 10.3. The van der Waals surface area contributed by atoms with Crippen LogP contribution in [0.3, 0.4) is 0 Å². The average molecular weight is 221 g/mol. The fourth-order valence-corrected chi connectivity index (χ4v) is 2.43. The van der Waals surface area contributed by atoms with Gasteiger partial charge in [-0.05, 0) is 46.5 Å². The minimum atomic E-state index is -0.229. The molecule has 0 spiro atoms. The maximum Gasteiger partial charge on any atom is 0.123 e. The van der Waals surface area contributed by atoms with E-state index in [9.17, 15) is 4.39 Å². The van der Waals surface area contributed by atoms with Crippen molar-refractivity contribution in [2.45, 2.75) is 13.0 Å². The highest BCUT2D eigenvalue weighted by Gasteiger charge is 2.11. The van der Waals surface area contributed by atoms with Gasteiger partial charge in [0.15, 0.2) is 0 Å². The minimum absolute atomic E-state index is 0.156. The van der Waals surface area contributed by atoms with Crippen LogP contribution in [0.5, 0.6) is 0 Å². The molecule has 78 valence electrons. The Bertz CT molecular complexity index is 447. The molecule has 1 heterocycles. The van der Waals surface area contributed by atoms with Crippen molar-refractivity contribution >= 4 is 11.3 Å². The highest BCUT2D eigenvalue weighted by atomic mass is 32.1. The SMILES string of the molecule is Cc1cscc1C(N)c1ccc(F)cc1. The monoisotopic (exact) mass is 221 g/mol. The van der Waals surface area contributed by atoms with Gasteiger partial charge in [-0.3, -0.25) is 0 Å². The maximum atomic E-state index is 12.7. The maximum absolute atomic E-state index is 12.7. The fraction of sp³-hybridized carbons (Fsp3) is 0.167. The van der Waals surface area contributed by atoms with E-state index in [1.165, 1.54) is 17.7 Å². The number of thiophene rings is 1. The Balaban J connectivity index is 2.32. The number of aryl methyl sites for hydroxylation is 1. The number of hydrogen-bond donors (Lipinski definition) is 1. The zero-order valence-electron chi connectivity index (χ0n) is 8.41. The molecule has 0 fully saturated rings. The van der Waals surface area contributed by atoms with Crippen LogP contribution < -0.4 is 5.73 Å². The second kappa shape index (κ2) is 4.13. The van der Waals surface area contributed by atoms with E-state index in [0.29, 0.717) is 0 Å². The predicted octanol–water partition coefficient (Wildman–Crippen LogP) is 3.24. The van der Waals surface area contributed by atoms with E-state index in [1.807, 2.05) is 12.3 Å². The van der Waals surface area contributed by atoms with Crippen LogP contribution in [0.2, 0.25) is 0 Å². The van der Waals surface area contributed by atoms with Gasteiger partial charge >= 0.3 is 0 Å². The summed E-state index contributed by atoms with van der Waals surface area (Å²) in [6, 6.07) is 6.19. The summed E-state index contributed by atoms with van der Waals surface area (Å²) in [6.45, 7) is 2.04. The van der Waals surface area contributed by atoms with Crippen molar-refractivity contribution in [3.05, 3.63) is 57.5 Å². The number of rotatable bonds is 2. The van der Waals surface area contributed by atoms with Gasteiger partial charge in [0.05, 0.1) is 6.04 Å². The first-order valence-corrected chi connectivity index (χ1v) is 5.66.